The number of ether oxygens (including phenoxy) is 1. The van der Waals surface area contributed by atoms with Crippen molar-refractivity contribution in [2.45, 2.75) is 25.8 Å². The zero-order valence-corrected chi connectivity index (χ0v) is 18.3. The molecule has 0 spiro atoms. The molecule has 1 atom stereocenters. The maximum absolute atomic E-state index is 11.7. The molecular formula is C25H23ClN2O4. The van der Waals surface area contributed by atoms with Crippen LogP contribution in [-0.4, -0.2) is 27.2 Å². The Labute approximate surface area is 191 Å². The molecule has 4 aromatic rings. The third kappa shape index (κ3) is 5.03. The van der Waals surface area contributed by atoms with Gasteiger partial charge in [-0.25, -0.2) is 9.78 Å². The van der Waals surface area contributed by atoms with Gasteiger partial charge >= 0.3 is 5.97 Å². The number of rotatable bonds is 9. The monoisotopic (exact) mass is 450 g/mol. The van der Waals surface area contributed by atoms with Gasteiger partial charge in [-0.1, -0.05) is 41.9 Å². The molecule has 2 aromatic heterocycles. The molecule has 164 valence electrons. The molecule has 0 saturated heterocycles. The molecule has 32 heavy (non-hydrogen) atoms. The molecule has 0 unspecified atom stereocenters. The van der Waals surface area contributed by atoms with Crippen molar-refractivity contribution in [1.29, 1.82) is 0 Å². The highest BCUT2D eigenvalue weighted by Crippen LogP contribution is 2.24. The maximum atomic E-state index is 11.7. The molecule has 0 fully saturated rings. The average Bonchev–Trinajstić information content (AvgIpc) is 3.39. The minimum Gasteiger partial charge on any atom is -0.493 e. The highest BCUT2D eigenvalue weighted by Gasteiger charge is 2.21. The van der Waals surface area contributed by atoms with Gasteiger partial charge in [-0.05, 0) is 48.9 Å². The van der Waals surface area contributed by atoms with Crippen LogP contribution in [0.5, 0.6) is 5.75 Å². The van der Waals surface area contributed by atoms with E-state index in [0.717, 1.165) is 22.6 Å². The van der Waals surface area contributed by atoms with E-state index in [1.807, 2.05) is 61.5 Å². The molecule has 7 heteroatoms. The van der Waals surface area contributed by atoms with Crippen molar-refractivity contribution in [2.24, 2.45) is 0 Å². The smallest absolute Gasteiger partial charge is 0.327 e. The van der Waals surface area contributed by atoms with Crippen LogP contribution in [0.2, 0.25) is 5.15 Å². The molecule has 0 radical (unpaired) electrons. The number of halogens is 1. The van der Waals surface area contributed by atoms with Gasteiger partial charge in [0.25, 0.3) is 0 Å². The first-order chi connectivity index (χ1) is 15.5. The van der Waals surface area contributed by atoms with Crippen LogP contribution >= 0.6 is 11.6 Å². The van der Waals surface area contributed by atoms with Gasteiger partial charge in [-0.15, -0.1) is 0 Å². The summed E-state index contributed by atoms with van der Waals surface area (Å²) in [7, 11) is 0. The zero-order valence-electron chi connectivity index (χ0n) is 17.6. The average molecular weight is 451 g/mol. The van der Waals surface area contributed by atoms with Crippen LogP contribution in [-0.2, 0) is 17.6 Å². The van der Waals surface area contributed by atoms with E-state index in [1.165, 1.54) is 0 Å². The van der Waals surface area contributed by atoms with Crippen LogP contribution in [0.4, 0.5) is 0 Å². The third-order valence-electron chi connectivity index (χ3n) is 5.22. The summed E-state index contributed by atoms with van der Waals surface area (Å²) in [6.45, 7) is 2.36. The summed E-state index contributed by atoms with van der Waals surface area (Å²) in [4.78, 5) is 16.3. The molecule has 0 bridgehead atoms. The first-order valence-corrected chi connectivity index (χ1v) is 10.7. The topological polar surface area (TPSA) is 77.5 Å². The number of aryl methyl sites for hydroxylation is 1. The summed E-state index contributed by atoms with van der Waals surface area (Å²) in [6, 6.07) is 19.9. The number of benzene rings is 2. The number of hydrogen-bond acceptors (Lipinski definition) is 4. The van der Waals surface area contributed by atoms with Crippen LogP contribution in [0.15, 0.2) is 77.3 Å². The first-order valence-electron chi connectivity index (χ1n) is 10.3. The van der Waals surface area contributed by atoms with Crippen LogP contribution < -0.4 is 4.74 Å². The molecule has 0 aliphatic rings. The molecular weight excluding hydrogens is 428 g/mol. The fourth-order valence-electron chi connectivity index (χ4n) is 3.50. The van der Waals surface area contributed by atoms with Crippen molar-refractivity contribution in [1.82, 2.24) is 9.55 Å². The number of aliphatic carboxylic acids is 1. The fraction of sp³-hybridized carbons (Fsp3) is 0.200. The molecule has 6 nitrogen and oxygen atoms in total. The highest BCUT2D eigenvalue weighted by molar-refractivity contribution is 6.29. The number of nitrogens with zero attached hydrogens (tertiary/aromatic N) is 2. The van der Waals surface area contributed by atoms with Gasteiger partial charge in [0.2, 0.25) is 5.89 Å². The second kappa shape index (κ2) is 9.75. The van der Waals surface area contributed by atoms with Crippen LogP contribution in [0.3, 0.4) is 0 Å². The summed E-state index contributed by atoms with van der Waals surface area (Å²) in [6.07, 6.45) is 2.62. The van der Waals surface area contributed by atoms with Crippen LogP contribution in [0, 0.1) is 6.92 Å². The summed E-state index contributed by atoms with van der Waals surface area (Å²) >= 11 is 6.09. The number of carboxylic acids is 1. The van der Waals surface area contributed by atoms with E-state index in [0.29, 0.717) is 36.2 Å². The quantitative estimate of drug-likeness (QED) is 0.359. The Morgan fingerprint density at radius 1 is 1.12 bits per heavy atom. The van der Waals surface area contributed by atoms with Crippen molar-refractivity contribution < 1.29 is 19.1 Å². The highest BCUT2D eigenvalue weighted by atomic mass is 35.5. The van der Waals surface area contributed by atoms with E-state index in [1.54, 1.807) is 22.9 Å². The fourth-order valence-corrected chi connectivity index (χ4v) is 3.75. The second-order valence-corrected chi connectivity index (χ2v) is 7.81. The van der Waals surface area contributed by atoms with Crippen molar-refractivity contribution >= 4 is 17.6 Å². The predicted molar refractivity (Wildman–Crippen MR) is 122 cm³/mol. The van der Waals surface area contributed by atoms with E-state index < -0.39 is 12.0 Å². The van der Waals surface area contributed by atoms with Gasteiger partial charge in [-0.2, -0.15) is 0 Å². The van der Waals surface area contributed by atoms with E-state index in [9.17, 15) is 9.90 Å². The van der Waals surface area contributed by atoms with Crippen molar-refractivity contribution in [3.63, 3.8) is 0 Å². The summed E-state index contributed by atoms with van der Waals surface area (Å²) in [5.74, 6) is 1.18. The summed E-state index contributed by atoms with van der Waals surface area (Å²) in [5.41, 5.74) is 2.70. The van der Waals surface area contributed by atoms with E-state index >= 15 is 0 Å². The molecule has 0 aliphatic heterocycles. The van der Waals surface area contributed by atoms with Gasteiger partial charge in [0.1, 0.15) is 22.7 Å². The molecule has 4 rings (SSSR count). The number of carboxylic acid groups (broad SMARTS) is 1. The first kappa shape index (κ1) is 21.7. The van der Waals surface area contributed by atoms with E-state index in [-0.39, 0.29) is 0 Å². The molecule has 1 N–H and O–H groups in total. The minimum atomic E-state index is -0.929. The summed E-state index contributed by atoms with van der Waals surface area (Å²) < 4.78 is 13.2. The zero-order chi connectivity index (χ0) is 22.5. The van der Waals surface area contributed by atoms with Gasteiger partial charge < -0.3 is 18.8 Å². The molecule has 0 amide bonds. The van der Waals surface area contributed by atoms with Gasteiger partial charge in [-0.3, -0.25) is 0 Å². The normalized spacial score (nSPS) is 11.9. The van der Waals surface area contributed by atoms with Crippen molar-refractivity contribution in [3.8, 4) is 17.2 Å². The Morgan fingerprint density at radius 3 is 2.53 bits per heavy atom. The Hall–Kier alpha value is -3.51. The van der Waals surface area contributed by atoms with Crippen molar-refractivity contribution in [3.05, 3.63) is 95.1 Å². The number of hydrogen-bond donors (Lipinski definition) is 1. The molecule has 2 heterocycles. The Kier molecular flexibility index (Phi) is 6.61. The van der Waals surface area contributed by atoms with E-state index in [2.05, 4.69) is 4.98 Å². The third-order valence-corrected chi connectivity index (χ3v) is 5.54. The number of aromatic nitrogens is 2. The molecule has 2 aromatic carbocycles. The number of oxazole rings is 1. The Morgan fingerprint density at radius 2 is 1.88 bits per heavy atom. The Balaban J connectivity index is 1.34. The maximum Gasteiger partial charge on any atom is 0.327 e. The van der Waals surface area contributed by atoms with Gasteiger partial charge in [0.05, 0.1) is 12.3 Å². The number of carbonyl (C=O) groups is 1. The Bertz CT molecular complexity index is 1180. The lowest BCUT2D eigenvalue weighted by Gasteiger charge is -2.16. The lowest BCUT2D eigenvalue weighted by atomic mass is 10.1. The second-order valence-electron chi connectivity index (χ2n) is 7.43. The lowest BCUT2D eigenvalue weighted by Crippen LogP contribution is -2.20. The van der Waals surface area contributed by atoms with Gasteiger partial charge in [0, 0.05) is 24.6 Å². The largest absolute Gasteiger partial charge is 0.493 e. The predicted octanol–water partition coefficient (Wildman–Crippen LogP) is 5.59. The van der Waals surface area contributed by atoms with Gasteiger partial charge in [0.15, 0.2) is 0 Å². The van der Waals surface area contributed by atoms with Crippen LogP contribution in [0.1, 0.15) is 23.1 Å². The summed E-state index contributed by atoms with van der Waals surface area (Å²) in [5, 5.41) is 9.99. The minimum absolute atomic E-state index is 0.324. The standard InChI is InChI=1S/C25H23ClN2O4/c1-17-21(27-24(32-17)19-6-3-2-4-7-19)13-15-31-20-11-9-18(10-12-20)16-22(25(29)30)28-14-5-8-23(28)26/h2-12,14,22H,13,15-16H2,1H3,(H,29,30)/t22-/m0/s1. The molecule has 0 aliphatic carbocycles. The lowest BCUT2D eigenvalue weighted by molar-refractivity contribution is -0.140. The molecule has 0 saturated carbocycles. The van der Waals surface area contributed by atoms with E-state index in [4.69, 9.17) is 20.8 Å². The van der Waals surface area contributed by atoms with Crippen molar-refractivity contribution in [2.75, 3.05) is 6.61 Å². The van der Waals surface area contributed by atoms with Crippen LogP contribution in [0.25, 0.3) is 11.5 Å². The SMILES string of the molecule is Cc1oc(-c2ccccc2)nc1CCOc1ccc(C[C@@H](C(=O)O)n2cccc2Cl)cc1.